The molecule has 0 bridgehead atoms. The molecule has 1 aromatic carbocycles. The van der Waals surface area contributed by atoms with Crippen LogP contribution in [-0.4, -0.2) is 12.4 Å². The second-order valence-electron chi connectivity index (χ2n) is 2.69. The van der Waals surface area contributed by atoms with Crippen molar-refractivity contribution in [2.45, 2.75) is 6.92 Å². The number of carbonyl (C=O) groups is 1. The number of rotatable bonds is 3. The molecule has 0 aliphatic carbocycles. The Hall–Kier alpha value is -1.46. The van der Waals surface area contributed by atoms with Crippen molar-refractivity contribution in [3.05, 3.63) is 28.8 Å². The molecule has 0 aromatic heterocycles. The average molecular weight is 209 g/mol. The largest absolute Gasteiger partial charge is 0.479 e. The highest BCUT2D eigenvalue weighted by Gasteiger charge is 2.05. The highest BCUT2D eigenvalue weighted by molar-refractivity contribution is 6.32. The Kier molecular flexibility index (Phi) is 3.55. The Labute approximate surface area is 87.8 Å². The minimum absolute atomic E-state index is 0.0320. The van der Waals surface area contributed by atoms with Gasteiger partial charge in [-0.15, -0.1) is 6.42 Å². The Morgan fingerprint density at radius 1 is 1.64 bits per heavy atom. The summed E-state index contributed by atoms with van der Waals surface area (Å²) < 4.78 is 5.14. The summed E-state index contributed by atoms with van der Waals surface area (Å²) in [6, 6.07) is 4.85. The van der Waals surface area contributed by atoms with E-state index in [4.69, 9.17) is 22.8 Å². The third-order valence-corrected chi connectivity index (χ3v) is 1.94. The van der Waals surface area contributed by atoms with E-state index in [1.807, 2.05) is 0 Å². The van der Waals surface area contributed by atoms with E-state index in [0.717, 1.165) is 0 Å². The number of benzene rings is 1. The lowest BCUT2D eigenvalue weighted by molar-refractivity contribution is 0.101. The molecule has 2 nitrogen and oxygen atoms in total. The fourth-order valence-corrected chi connectivity index (χ4v) is 1.19. The summed E-state index contributed by atoms with van der Waals surface area (Å²) in [6.07, 6.45) is 5.03. The Bertz CT molecular complexity index is 391. The standard InChI is InChI=1S/C11H9ClO2/c1-3-6-14-11-5-4-9(8(2)13)7-10(11)12/h1,4-5,7H,6H2,2H3. The third-order valence-electron chi connectivity index (χ3n) is 1.65. The van der Waals surface area contributed by atoms with Crippen LogP contribution in [0.1, 0.15) is 17.3 Å². The highest BCUT2D eigenvalue weighted by atomic mass is 35.5. The number of hydrogen-bond donors (Lipinski definition) is 0. The molecule has 0 N–H and O–H groups in total. The first-order valence-electron chi connectivity index (χ1n) is 4.02. The molecule has 0 unspecified atom stereocenters. The van der Waals surface area contributed by atoms with Crippen molar-refractivity contribution in [3.8, 4) is 18.1 Å². The molecular formula is C11H9ClO2. The van der Waals surface area contributed by atoms with Crippen LogP contribution in [0.4, 0.5) is 0 Å². The number of ketones is 1. The summed E-state index contributed by atoms with van der Waals surface area (Å²) in [4.78, 5) is 11.0. The molecule has 0 spiro atoms. The van der Waals surface area contributed by atoms with Crippen molar-refractivity contribution in [1.29, 1.82) is 0 Å². The van der Waals surface area contributed by atoms with E-state index in [2.05, 4.69) is 5.92 Å². The van der Waals surface area contributed by atoms with Gasteiger partial charge in [-0.25, -0.2) is 0 Å². The first kappa shape index (κ1) is 10.6. The van der Waals surface area contributed by atoms with Crippen molar-refractivity contribution in [2.75, 3.05) is 6.61 Å². The molecule has 0 amide bonds. The molecule has 0 fully saturated rings. The van der Waals surface area contributed by atoms with Crippen LogP contribution in [0.2, 0.25) is 5.02 Å². The maximum atomic E-state index is 11.0. The lowest BCUT2D eigenvalue weighted by Gasteiger charge is -2.05. The highest BCUT2D eigenvalue weighted by Crippen LogP contribution is 2.25. The predicted octanol–water partition coefficient (Wildman–Crippen LogP) is 2.55. The first-order chi connectivity index (χ1) is 6.65. The number of terminal acetylenes is 1. The lowest BCUT2D eigenvalue weighted by atomic mass is 10.1. The summed E-state index contributed by atoms with van der Waals surface area (Å²) >= 11 is 5.86. The van der Waals surface area contributed by atoms with Crippen LogP contribution in [0.15, 0.2) is 18.2 Å². The average Bonchev–Trinajstić information content (AvgIpc) is 2.15. The minimum atomic E-state index is -0.0320. The van der Waals surface area contributed by atoms with Gasteiger partial charge in [0, 0.05) is 5.56 Å². The topological polar surface area (TPSA) is 26.3 Å². The SMILES string of the molecule is C#CCOc1ccc(C(C)=O)cc1Cl. The molecule has 0 atom stereocenters. The molecule has 0 radical (unpaired) electrons. The Morgan fingerprint density at radius 2 is 2.36 bits per heavy atom. The summed E-state index contributed by atoms with van der Waals surface area (Å²) in [6.45, 7) is 1.65. The maximum absolute atomic E-state index is 11.0. The molecule has 72 valence electrons. The van der Waals surface area contributed by atoms with Gasteiger partial charge in [-0.2, -0.15) is 0 Å². The third kappa shape index (κ3) is 2.51. The number of halogens is 1. The zero-order chi connectivity index (χ0) is 10.6. The number of carbonyl (C=O) groups excluding carboxylic acids is 1. The van der Waals surface area contributed by atoms with Crippen LogP contribution in [0.3, 0.4) is 0 Å². The summed E-state index contributed by atoms with van der Waals surface area (Å²) in [5, 5.41) is 0.396. The monoisotopic (exact) mass is 208 g/mol. The molecule has 0 aliphatic rings. The second kappa shape index (κ2) is 4.69. The smallest absolute Gasteiger partial charge is 0.159 e. The predicted molar refractivity (Wildman–Crippen MR) is 55.8 cm³/mol. The van der Waals surface area contributed by atoms with E-state index in [0.29, 0.717) is 16.3 Å². The quantitative estimate of drug-likeness (QED) is 0.564. The van der Waals surface area contributed by atoms with E-state index < -0.39 is 0 Å². The van der Waals surface area contributed by atoms with Crippen LogP contribution < -0.4 is 4.74 Å². The van der Waals surface area contributed by atoms with Crippen molar-refractivity contribution in [3.63, 3.8) is 0 Å². The van der Waals surface area contributed by atoms with Crippen molar-refractivity contribution < 1.29 is 9.53 Å². The van der Waals surface area contributed by atoms with Gasteiger partial charge >= 0.3 is 0 Å². The molecule has 0 aliphatic heterocycles. The van der Waals surface area contributed by atoms with Gasteiger partial charge in [-0.05, 0) is 25.1 Å². The van der Waals surface area contributed by atoms with Gasteiger partial charge < -0.3 is 4.74 Å². The summed E-state index contributed by atoms with van der Waals surface area (Å²) in [5.74, 6) is 2.80. The van der Waals surface area contributed by atoms with Gasteiger partial charge in [0.1, 0.15) is 12.4 Å². The fourth-order valence-electron chi connectivity index (χ4n) is 0.956. The molecule has 0 heterocycles. The molecule has 14 heavy (non-hydrogen) atoms. The maximum Gasteiger partial charge on any atom is 0.159 e. The molecule has 3 heteroatoms. The van der Waals surface area contributed by atoms with Gasteiger partial charge in [-0.1, -0.05) is 17.5 Å². The molecule has 0 saturated carbocycles. The lowest BCUT2D eigenvalue weighted by Crippen LogP contribution is -1.96. The fraction of sp³-hybridized carbons (Fsp3) is 0.182. The number of Topliss-reactive ketones (excluding diaryl/α,β-unsaturated/α-hetero) is 1. The summed E-state index contributed by atoms with van der Waals surface area (Å²) in [5.41, 5.74) is 0.558. The van der Waals surface area contributed by atoms with Gasteiger partial charge in [0.2, 0.25) is 0 Å². The van der Waals surface area contributed by atoms with Crippen molar-refractivity contribution in [1.82, 2.24) is 0 Å². The van der Waals surface area contributed by atoms with Crippen LogP contribution in [0.5, 0.6) is 5.75 Å². The van der Waals surface area contributed by atoms with Crippen LogP contribution >= 0.6 is 11.6 Å². The van der Waals surface area contributed by atoms with E-state index in [1.165, 1.54) is 6.92 Å². The van der Waals surface area contributed by atoms with E-state index in [-0.39, 0.29) is 12.4 Å². The normalized spacial score (nSPS) is 9.21. The van der Waals surface area contributed by atoms with Gasteiger partial charge in [0.15, 0.2) is 5.78 Å². The molecule has 1 aromatic rings. The summed E-state index contributed by atoms with van der Waals surface area (Å²) in [7, 11) is 0. The van der Waals surface area contributed by atoms with Gasteiger partial charge in [0.25, 0.3) is 0 Å². The van der Waals surface area contributed by atoms with E-state index >= 15 is 0 Å². The zero-order valence-electron chi connectivity index (χ0n) is 7.71. The Morgan fingerprint density at radius 3 is 2.86 bits per heavy atom. The molecule has 1 rings (SSSR count). The molecule has 0 saturated heterocycles. The van der Waals surface area contributed by atoms with Crippen molar-refractivity contribution >= 4 is 17.4 Å². The number of hydrogen-bond acceptors (Lipinski definition) is 2. The van der Waals surface area contributed by atoms with Crippen LogP contribution in [0, 0.1) is 12.3 Å². The van der Waals surface area contributed by atoms with Crippen LogP contribution in [-0.2, 0) is 0 Å². The van der Waals surface area contributed by atoms with E-state index in [9.17, 15) is 4.79 Å². The van der Waals surface area contributed by atoms with Gasteiger partial charge in [-0.3, -0.25) is 4.79 Å². The van der Waals surface area contributed by atoms with E-state index in [1.54, 1.807) is 18.2 Å². The van der Waals surface area contributed by atoms with Crippen LogP contribution in [0.25, 0.3) is 0 Å². The number of ether oxygens (including phenoxy) is 1. The zero-order valence-corrected chi connectivity index (χ0v) is 8.47. The molecular weight excluding hydrogens is 200 g/mol. The first-order valence-corrected chi connectivity index (χ1v) is 4.39. The Balaban J connectivity index is 2.91. The second-order valence-corrected chi connectivity index (χ2v) is 3.10. The van der Waals surface area contributed by atoms with Gasteiger partial charge in [0.05, 0.1) is 5.02 Å². The van der Waals surface area contributed by atoms with Crippen molar-refractivity contribution in [2.24, 2.45) is 0 Å². The minimum Gasteiger partial charge on any atom is -0.479 e.